The van der Waals surface area contributed by atoms with Crippen LogP contribution in [0.2, 0.25) is 0 Å². The van der Waals surface area contributed by atoms with E-state index in [9.17, 15) is 18.0 Å². The van der Waals surface area contributed by atoms with E-state index in [1.165, 1.54) is 6.92 Å². The second-order valence-electron chi connectivity index (χ2n) is 4.44. The molecule has 0 spiro atoms. The van der Waals surface area contributed by atoms with Crippen molar-refractivity contribution in [2.45, 2.75) is 32.1 Å². The Kier molecular flexibility index (Phi) is 4.47. The first-order chi connectivity index (χ1) is 8.24. The van der Waals surface area contributed by atoms with Crippen LogP contribution in [0.15, 0.2) is 14.5 Å². The van der Waals surface area contributed by atoms with E-state index in [0.717, 1.165) is 0 Å². The molecule has 7 nitrogen and oxygen atoms in total. The molecule has 0 aliphatic carbocycles. The van der Waals surface area contributed by atoms with Crippen LogP contribution in [0.1, 0.15) is 26.0 Å². The standard InChI is InChI=1S/C10H17N3O4S/c1-6(2)4-5-11-18(16,17)8-7(3)12-10(15)13-9(8)14/h6,11H,4-5H2,1-3H3,(H2,12,13,14,15). The van der Waals surface area contributed by atoms with Crippen molar-refractivity contribution in [2.75, 3.05) is 6.54 Å². The van der Waals surface area contributed by atoms with Gasteiger partial charge in [0.25, 0.3) is 5.56 Å². The first-order valence-electron chi connectivity index (χ1n) is 5.57. The average molecular weight is 275 g/mol. The first kappa shape index (κ1) is 14.7. The summed E-state index contributed by atoms with van der Waals surface area (Å²) in [6, 6.07) is 0. The van der Waals surface area contributed by atoms with Gasteiger partial charge in [0.05, 0.1) is 0 Å². The maximum atomic E-state index is 11.9. The lowest BCUT2D eigenvalue weighted by Gasteiger charge is -2.09. The molecule has 0 aromatic carbocycles. The molecule has 18 heavy (non-hydrogen) atoms. The number of rotatable bonds is 5. The minimum atomic E-state index is -3.90. The fraction of sp³-hybridized carbons (Fsp3) is 0.600. The molecule has 0 saturated carbocycles. The molecule has 0 fully saturated rings. The number of nitrogens with one attached hydrogen (secondary N) is 3. The fourth-order valence-corrected chi connectivity index (χ4v) is 2.75. The smallest absolute Gasteiger partial charge is 0.310 e. The van der Waals surface area contributed by atoms with Crippen LogP contribution in [0, 0.1) is 12.8 Å². The molecule has 1 aromatic heterocycles. The Bertz CT molecular complexity index is 627. The molecule has 0 atom stereocenters. The Morgan fingerprint density at radius 1 is 1.22 bits per heavy atom. The summed E-state index contributed by atoms with van der Waals surface area (Å²) in [7, 11) is -3.90. The Labute approximate surface area is 105 Å². The Hall–Kier alpha value is -1.41. The van der Waals surface area contributed by atoms with Crippen LogP contribution >= 0.6 is 0 Å². The van der Waals surface area contributed by atoms with Crippen LogP contribution in [0.5, 0.6) is 0 Å². The molecule has 3 N–H and O–H groups in total. The van der Waals surface area contributed by atoms with E-state index in [2.05, 4.69) is 9.71 Å². The van der Waals surface area contributed by atoms with Crippen molar-refractivity contribution in [3.05, 3.63) is 26.5 Å². The third-order valence-electron chi connectivity index (χ3n) is 2.36. The topological polar surface area (TPSA) is 112 Å². The number of H-pyrrole nitrogens is 2. The lowest BCUT2D eigenvalue weighted by atomic mass is 10.1. The molecule has 0 aliphatic rings. The minimum absolute atomic E-state index is 0.0285. The summed E-state index contributed by atoms with van der Waals surface area (Å²) in [5.41, 5.74) is -1.60. The molecular weight excluding hydrogens is 258 g/mol. The zero-order valence-corrected chi connectivity index (χ0v) is 11.3. The molecule has 1 rings (SSSR count). The number of aromatic nitrogens is 2. The van der Waals surface area contributed by atoms with Gasteiger partial charge in [0.15, 0.2) is 4.90 Å². The SMILES string of the molecule is Cc1[nH]c(=O)[nH]c(=O)c1S(=O)(=O)NCCC(C)C. The summed E-state index contributed by atoms with van der Waals surface area (Å²) >= 11 is 0. The van der Waals surface area contributed by atoms with E-state index < -0.39 is 26.2 Å². The molecule has 0 bridgehead atoms. The van der Waals surface area contributed by atoms with E-state index >= 15 is 0 Å². The summed E-state index contributed by atoms with van der Waals surface area (Å²) < 4.78 is 26.2. The quantitative estimate of drug-likeness (QED) is 0.684. The van der Waals surface area contributed by atoms with Crippen LogP contribution in [-0.4, -0.2) is 24.9 Å². The van der Waals surface area contributed by atoms with E-state index in [1.54, 1.807) is 0 Å². The molecule has 0 unspecified atom stereocenters. The lowest BCUT2D eigenvalue weighted by Crippen LogP contribution is -2.35. The number of hydrogen-bond donors (Lipinski definition) is 3. The number of aromatic amines is 2. The van der Waals surface area contributed by atoms with Gasteiger partial charge in [-0.15, -0.1) is 0 Å². The second kappa shape index (κ2) is 5.49. The molecular formula is C10H17N3O4S. The molecule has 1 heterocycles. The molecule has 8 heteroatoms. The number of sulfonamides is 1. The number of hydrogen-bond acceptors (Lipinski definition) is 4. The Morgan fingerprint density at radius 2 is 1.83 bits per heavy atom. The van der Waals surface area contributed by atoms with Crippen LogP contribution in [0.25, 0.3) is 0 Å². The van der Waals surface area contributed by atoms with E-state index in [4.69, 9.17) is 0 Å². The minimum Gasteiger partial charge on any atom is -0.310 e. The predicted molar refractivity (Wildman–Crippen MR) is 67.1 cm³/mol. The van der Waals surface area contributed by atoms with Crippen molar-refractivity contribution < 1.29 is 8.42 Å². The third-order valence-corrected chi connectivity index (χ3v) is 3.97. The maximum Gasteiger partial charge on any atom is 0.325 e. The monoisotopic (exact) mass is 275 g/mol. The second-order valence-corrected chi connectivity index (χ2v) is 6.15. The van der Waals surface area contributed by atoms with Crippen molar-refractivity contribution in [3.8, 4) is 0 Å². The van der Waals surface area contributed by atoms with Crippen molar-refractivity contribution in [3.63, 3.8) is 0 Å². The summed E-state index contributed by atoms with van der Waals surface area (Å²) in [5.74, 6) is 0.350. The van der Waals surface area contributed by atoms with Crippen LogP contribution in [0.3, 0.4) is 0 Å². The molecule has 102 valence electrons. The van der Waals surface area contributed by atoms with Gasteiger partial charge in [-0.05, 0) is 19.3 Å². The third kappa shape index (κ3) is 3.54. The molecule has 1 aromatic rings. The number of aryl methyl sites for hydroxylation is 1. The highest BCUT2D eigenvalue weighted by atomic mass is 32.2. The molecule has 0 aliphatic heterocycles. The lowest BCUT2D eigenvalue weighted by molar-refractivity contribution is 0.549. The molecule has 0 amide bonds. The normalized spacial score (nSPS) is 12.0. The Morgan fingerprint density at radius 3 is 2.33 bits per heavy atom. The largest absolute Gasteiger partial charge is 0.325 e. The van der Waals surface area contributed by atoms with Gasteiger partial charge in [0.2, 0.25) is 10.0 Å². The van der Waals surface area contributed by atoms with Crippen molar-refractivity contribution in [2.24, 2.45) is 5.92 Å². The fourth-order valence-electron chi connectivity index (χ4n) is 1.47. The Balaban J connectivity index is 3.06. The molecule has 0 radical (unpaired) electrons. The molecule has 0 saturated heterocycles. The van der Waals surface area contributed by atoms with Gasteiger partial charge < -0.3 is 4.98 Å². The summed E-state index contributed by atoms with van der Waals surface area (Å²) in [4.78, 5) is 26.2. The van der Waals surface area contributed by atoms with Crippen LogP contribution < -0.4 is 16.0 Å². The van der Waals surface area contributed by atoms with E-state index in [1.807, 2.05) is 18.8 Å². The zero-order chi connectivity index (χ0) is 13.9. The maximum absolute atomic E-state index is 11.9. The summed E-state index contributed by atoms with van der Waals surface area (Å²) in [6.45, 7) is 5.55. The van der Waals surface area contributed by atoms with E-state index in [-0.39, 0.29) is 12.2 Å². The highest BCUT2D eigenvalue weighted by molar-refractivity contribution is 7.89. The average Bonchev–Trinajstić information content (AvgIpc) is 2.13. The van der Waals surface area contributed by atoms with Gasteiger partial charge in [-0.25, -0.2) is 17.9 Å². The van der Waals surface area contributed by atoms with Gasteiger partial charge in [-0.3, -0.25) is 9.78 Å². The predicted octanol–water partition coefficient (Wildman–Crippen LogP) is -0.304. The highest BCUT2D eigenvalue weighted by Crippen LogP contribution is 2.05. The summed E-state index contributed by atoms with van der Waals surface area (Å²) in [5, 5.41) is 0. The van der Waals surface area contributed by atoms with Crippen LogP contribution in [-0.2, 0) is 10.0 Å². The first-order valence-corrected chi connectivity index (χ1v) is 7.05. The van der Waals surface area contributed by atoms with Crippen molar-refractivity contribution in [1.82, 2.24) is 14.7 Å². The van der Waals surface area contributed by atoms with Crippen molar-refractivity contribution >= 4 is 10.0 Å². The summed E-state index contributed by atoms with van der Waals surface area (Å²) in [6.07, 6.45) is 0.666. The zero-order valence-electron chi connectivity index (χ0n) is 10.5. The van der Waals surface area contributed by atoms with E-state index in [0.29, 0.717) is 12.3 Å². The van der Waals surface area contributed by atoms with Crippen molar-refractivity contribution in [1.29, 1.82) is 0 Å². The highest BCUT2D eigenvalue weighted by Gasteiger charge is 2.21. The van der Waals surface area contributed by atoms with Gasteiger partial charge in [-0.1, -0.05) is 13.8 Å². The van der Waals surface area contributed by atoms with Crippen LogP contribution in [0.4, 0.5) is 0 Å². The van der Waals surface area contributed by atoms with Gasteiger partial charge >= 0.3 is 5.69 Å². The van der Waals surface area contributed by atoms with Gasteiger partial charge in [-0.2, -0.15) is 0 Å². The van der Waals surface area contributed by atoms with Gasteiger partial charge in [0.1, 0.15) is 0 Å². The van der Waals surface area contributed by atoms with Gasteiger partial charge in [0, 0.05) is 12.2 Å².